The molecule has 1 aromatic carbocycles. The van der Waals surface area contributed by atoms with E-state index in [-0.39, 0.29) is 0 Å². The number of nitrogens with one attached hydrogen (secondary N) is 1. The average molecular weight is 293 g/mol. The van der Waals surface area contributed by atoms with Crippen molar-refractivity contribution in [2.24, 2.45) is 0 Å². The largest absolute Gasteiger partial charge is 0.494 e. The van der Waals surface area contributed by atoms with Gasteiger partial charge in [0.1, 0.15) is 28.4 Å². The first-order chi connectivity index (χ1) is 10.1. The SMILES string of the molecule is COc1ccc(OC)c2[nH]c(CCCN(C)C(=O)O)nc12. The molecular formula is C14H19N3O4. The number of aromatic nitrogens is 2. The van der Waals surface area contributed by atoms with Crippen molar-refractivity contribution in [1.82, 2.24) is 14.9 Å². The fourth-order valence-corrected chi connectivity index (χ4v) is 2.13. The van der Waals surface area contributed by atoms with Crippen LogP contribution in [0.2, 0.25) is 0 Å². The summed E-state index contributed by atoms with van der Waals surface area (Å²) >= 11 is 0. The van der Waals surface area contributed by atoms with Crippen LogP contribution in [0.5, 0.6) is 11.5 Å². The van der Waals surface area contributed by atoms with Crippen LogP contribution in [-0.2, 0) is 6.42 Å². The van der Waals surface area contributed by atoms with Crippen molar-refractivity contribution < 1.29 is 19.4 Å². The standard InChI is InChI=1S/C14H19N3O4/c1-17(14(18)19)8-4-5-11-15-12-9(20-2)6-7-10(21-3)13(12)16-11/h6-7H,4-5,8H2,1-3H3,(H,15,16)(H,18,19). The maximum Gasteiger partial charge on any atom is 0.407 e. The number of hydrogen-bond donors (Lipinski definition) is 2. The van der Waals surface area contributed by atoms with E-state index in [1.54, 1.807) is 21.3 Å². The van der Waals surface area contributed by atoms with Gasteiger partial charge >= 0.3 is 6.09 Å². The van der Waals surface area contributed by atoms with Gasteiger partial charge in [-0.2, -0.15) is 0 Å². The van der Waals surface area contributed by atoms with Gasteiger partial charge in [-0.15, -0.1) is 0 Å². The van der Waals surface area contributed by atoms with E-state index >= 15 is 0 Å². The minimum absolute atomic E-state index is 0.459. The van der Waals surface area contributed by atoms with Gasteiger partial charge < -0.3 is 24.5 Å². The zero-order valence-electron chi connectivity index (χ0n) is 12.3. The molecule has 2 N–H and O–H groups in total. The van der Waals surface area contributed by atoms with Crippen molar-refractivity contribution in [2.45, 2.75) is 12.8 Å². The van der Waals surface area contributed by atoms with Crippen molar-refractivity contribution in [3.05, 3.63) is 18.0 Å². The lowest BCUT2D eigenvalue weighted by molar-refractivity contribution is 0.155. The zero-order chi connectivity index (χ0) is 15.4. The zero-order valence-corrected chi connectivity index (χ0v) is 12.3. The summed E-state index contributed by atoms with van der Waals surface area (Å²) in [5, 5.41) is 8.80. The van der Waals surface area contributed by atoms with Gasteiger partial charge in [-0.05, 0) is 18.6 Å². The Hall–Kier alpha value is -2.44. The van der Waals surface area contributed by atoms with E-state index in [1.165, 1.54) is 4.90 Å². The normalized spacial score (nSPS) is 10.6. The number of amides is 1. The second-order valence-electron chi connectivity index (χ2n) is 4.68. The minimum atomic E-state index is -0.928. The number of carbonyl (C=O) groups is 1. The molecule has 0 bridgehead atoms. The van der Waals surface area contributed by atoms with Crippen molar-refractivity contribution in [2.75, 3.05) is 27.8 Å². The fourth-order valence-electron chi connectivity index (χ4n) is 2.13. The van der Waals surface area contributed by atoms with E-state index < -0.39 is 6.09 Å². The molecule has 0 aliphatic rings. The van der Waals surface area contributed by atoms with E-state index in [1.807, 2.05) is 12.1 Å². The summed E-state index contributed by atoms with van der Waals surface area (Å²) < 4.78 is 10.6. The van der Waals surface area contributed by atoms with Gasteiger partial charge in [0, 0.05) is 20.0 Å². The molecule has 1 aromatic heterocycles. The second kappa shape index (κ2) is 6.34. The summed E-state index contributed by atoms with van der Waals surface area (Å²) in [6, 6.07) is 3.63. The molecule has 0 aliphatic heterocycles. The van der Waals surface area contributed by atoms with Crippen LogP contribution in [0.1, 0.15) is 12.2 Å². The Labute approximate surface area is 122 Å². The Balaban J connectivity index is 2.16. The number of nitrogens with zero attached hydrogens (tertiary/aromatic N) is 2. The lowest BCUT2D eigenvalue weighted by Gasteiger charge is -2.11. The van der Waals surface area contributed by atoms with Gasteiger partial charge in [0.05, 0.1) is 14.2 Å². The molecule has 2 rings (SSSR count). The Morgan fingerprint density at radius 2 is 2.00 bits per heavy atom. The van der Waals surface area contributed by atoms with Crippen LogP contribution in [0, 0.1) is 0 Å². The maximum atomic E-state index is 10.7. The van der Waals surface area contributed by atoms with Crippen LogP contribution in [0.3, 0.4) is 0 Å². The molecule has 0 aliphatic carbocycles. The predicted octanol–water partition coefficient (Wildman–Crippen LogP) is 2.12. The van der Waals surface area contributed by atoms with Gasteiger partial charge in [0.15, 0.2) is 0 Å². The summed E-state index contributed by atoms with van der Waals surface area (Å²) in [4.78, 5) is 19.7. The highest BCUT2D eigenvalue weighted by Gasteiger charge is 2.13. The second-order valence-corrected chi connectivity index (χ2v) is 4.68. The average Bonchev–Trinajstić information content (AvgIpc) is 2.89. The molecule has 1 amide bonds. The van der Waals surface area contributed by atoms with Crippen LogP contribution in [0.25, 0.3) is 11.0 Å². The number of rotatable bonds is 6. The van der Waals surface area contributed by atoms with Crippen molar-refractivity contribution in [1.29, 1.82) is 0 Å². The summed E-state index contributed by atoms with van der Waals surface area (Å²) in [7, 11) is 4.74. The smallest absolute Gasteiger partial charge is 0.407 e. The van der Waals surface area contributed by atoms with Gasteiger partial charge in [0.2, 0.25) is 0 Å². The molecule has 7 nitrogen and oxygen atoms in total. The maximum absolute atomic E-state index is 10.7. The first-order valence-electron chi connectivity index (χ1n) is 6.60. The molecular weight excluding hydrogens is 274 g/mol. The molecule has 7 heteroatoms. The fraction of sp³-hybridized carbons (Fsp3) is 0.429. The molecule has 0 atom stereocenters. The van der Waals surface area contributed by atoms with Gasteiger partial charge in [0.25, 0.3) is 0 Å². The third kappa shape index (κ3) is 3.18. The monoisotopic (exact) mass is 293 g/mol. The highest BCUT2D eigenvalue weighted by Crippen LogP contribution is 2.31. The number of imidazole rings is 1. The van der Waals surface area contributed by atoms with Crippen LogP contribution >= 0.6 is 0 Å². The van der Waals surface area contributed by atoms with Crippen LogP contribution in [-0.4, -0.2) is 53.9 Å². The Morgan fingerprint density at radius 1 is 1.33 bits per heavy atom. The Kier molecular flexibility index (Phi) is 4.52. The number of H-pyrrole nitrogens is 1. The number of ether oxygens (including phenoxy) is 2. The summed E-state index contributed by atoms with van der Waals surface area (Å²) in [5.41, 5.74) is 1.51. The van der Waals surface area contributed by atoms with Gasteiger partial charge in [-0.3, -0.25) is 0 Å². The number of fused-ring (bicyclic) bond motifs is 1. The molecule has 1 heterocycles. The highest BCUT2D eigenvalue weighted by molar-refractivity contribution is 5.87. The van der Waals surface area contributed by atoms with E-state index in [0.29, 0.717) is 30.9 Å². The minimum Gasteiger partial charge on any atom is -0.494 e. The predicted molar refractivity (Wildman–Crippen MR) is 78.2 cm³/mol. The van der Waals surface area contributed by atoms with Crippen LogP contribution in [0.4, 0.5) is 4.79 Å². The van der Waals surface area contributed by atoms with Crippen molar-refractivity contribution in [3.63, 3.8) is 0 Å². The molecule has 0 unspecified atom stereocenters. The van der Waals surface area contributed by atoms with E-state index in [9.17, 15) is 4.79 Å². The summed E-state index contributed by atoms with van der Waals surface area (Å²) in [6.07, 6.45) is 0.411. The lowest BCUT2D eigenvalue weighted by atomic mass is 10.2. The third-order valence-corrected chi connectivity index (χ3v) is 3.29. The molecule has 0 radical (unpaired) electrons. The number of methoxy groups -OCH3 is 2. The van der Waals surface area contributed by atoms with Crippen LogP contribution in [0.15, 0.2) is 12.1 Å². The van der Waals surface area contributed by atoms with Crippen molar-refractivity contribution >= 4 is 17.1 Å². The molecule has 0 saturated heterocycles. The Bertz CT molecular complexity index is 597. The summed E-state index contributed by atoms with van der Waals surface area (Å²) in [5.74, 6) is 2.16. The number of benzene rings is 1. The van der Waals surface area contributed by atoms with Gasteiger partial charge in [-0.25, -0.2) is 9.78 Å². The Morgan fingerprint density at radius 3 is 2.62 bits per heavy atom. The van der Waals surface area contributed by atoms with E-state index in [2.05, 4.69) is 9.97 Å². The van der Waals surface area contributed by atoms with E-state index in [0.717, 1.165) is 16.9 Å². The highest BCUT2D eigenvalue weighted by atomic mass is 16.5. The quantitative estimate of drug-likeness (QED) is 0.851. The van der Waals surface area contributed by atoms with E-state index in [4.69, 9.17) is 14.6 Å². The third-order valence-electron chi connectivity index (χ3n) is 3.29. The first kappa shape index (κ1) is 15.0. The molecule has 114 valence electrons. The van der Waals surface area contributed by atoms with Gasteiger partial charge in [-0.1, -0.05) is 0 Å². The molecule has 0 spiro atoms. The summed E-state index contributed by atoms with van der Waals surface area (Å²) in [6.45, 7) is 0.459. The number of hydrogen-bond acceptors (Lipinski definition) is 4. The molecule has 21 heavy (non-hydrogen) atoms. The first-order valence-corrected chi connectivity index (χ1v) is 6.60. The van der Waals surface area contributed by atoms with Crippen LogP contribution < -0.4 is 9.47 Å². The number of carboxylic acid groups (broad SMARTS) is 1. The number of aromatic amines is 1. The lowest BCUT2D eigenvalue weighted by Crippen LogP contribution is -2.25. The van der Waals surface area contributed by atoms with Crippen molar-refractivity contribution in [3.8, 4) is 11.5 Å². The number of aryl methyl sites for hydroxylation is 1. The molecule has 0 saturated carbocycles. The topological polar surface area (TPSA) is 87.7 Å². The molecule has 0 fully saturated rings. The molecule has 2 aromatic rings.